The van der Waals surface area contributed by atoms with Crippen LogP contribution in [0.15, 0.2) is 58.3 Å². The number of aromatic nitrogens is 3. The van der Waals surface area contributed by atoms with Gasteiger partial charge in [-0.05, 0) is 24.3 Å². The molecule has 8 nitrogen and oxygen atoms in total. The second-order valence-electron chi connectivity index (χ2n) is 4.60. The summed E-state index contributed by atoms with van der Waals surface area (Å²) >= 11 is 1.10. The molecule has 24 heavy (non-hydrogen) atoms. The zero-order valence-electron chi connectivity index (χ0n) is 12.2. The van der Waals surface area contributed by atoms with Crippen LogP contribution in [0.4, 0.5) is 5.69 Å². The Balaban J connectivity index is 1.62. The molecule has 1 aromatic carbocycles. The number of nitrogens with zero attached hydrogens (tertiary/aromatic N) is 4. The van der Waals surface area contributed by atoms with E-state index < -0.39 is 4.92 Å². The number of thioether (sulfide) groups is 1. The maximum absolute atomic E-state index is 12.1. The van der Waals surface area contributed by atoms with Crippen molar-refractivity contribution < 1.29 is 14.1 Å². The fourth-order valence-electron chi connectivity index (χ4n) is 1.84. The number of ketones is 1. The summed E-state index contributed by atoms with van der Waals surface area (Å²) in [6.07, 6.45) is 1.62. The van der Waals surface area contributed by atoms with Gasteiger partial charge < -0.3 is 4.42 Å². The molecule has 0 radical (unpaired) electrons. The van der Waals surface area contributed by atoms with E-state index in [1.54, 1.807) is 24.4 Å². The Morgan fingerprint density at radius 2 is 1.96 bits per heavy atom. The molecule has 2 heterocycles. The number of hydrogen-bond donors (Lipinski definition) is 0. The number of non-ortho nitro benzene ring substituents is 1. The van der Waals surface area contributed by atoms with Gasteiger partial charge >= 0.3 is 0 Å². The molecule has 3 rings (SSSR count). The first-order chi connectivity index (χ1) is 11.6. The molecule has 120 valence electrons. The van der Waals surface area contributed by atoms with Crippen LogP contribution in [-0.4, -0.2) is 31.6 Å². The molecule has 0 bridgehead atoms. The fraction of sp³-hybridized carbons (Fsp3) is 0.0667. The lowest BCUT2D eigenvalue weighted by Gasteiger charge is -1.98. The highest BCUT2D eigenvalue weighted by molar-refractivity contribution is 7.99. The van der Waals surface area contributed by atoms with Crippen LogP contribution in [0.1, 0.15) is 10.4 Å². The molecule has 0 aliphatic heterocycles. The van der Waals surface area contributed by atoms with E-state index in [2.05, 4.69) is 15.2 Å². The third kappa shape index (κ3) is 3.63. The summed E-state index contributed by atoms with van der Waals surface area (Å²) in [6.45, 7) is 0. The van der Waals surface area contributed by atoms with Crippen LogP contribution in [0.5, 0.6) is 0 Å². The zero-order valence-corrected chi connectivity index (χ0v) is 13.0. The zero-order chi connectivity index (χ0) is 16.9. The van der Waals surface area contributed by atoms with Crippen molar-refractivity contribution in [3.8, 4) is 11.6 Å². The van der Waals surface area contributed by atoms with E-state index in [1.165, 1.54) is 24.3 Å². The third-order valence-electron chi connectivity index (χ3n) is 3.02. The number of nitro benzene ring substituents is 1. The third-order valence-corrected chi connectivity index (χ3v) is 3.84. The van der Waals surface area contributed by atoms with Crippen LogP contribution in [-0.2, 0) is 0 Å². The molecule has 0 saturated carbocycles. The number of rotatable bonds is 6. The topological polar surface area (TPSA) is 112 Å². The SMILES string of the molecule is O=C(CSc1nnc(-c2ccccn2)o1)c1ccc([N+](=O)[O-])cc1. The van der Waals surface area contributed by atoms with Crippen molar-refractivity contribution in [1.82, 2.24) is 15.2 Å². The molecule has 2 aromatic heterocycles. The molecule has 0 amide bonds. The molecular formula is C15H10N4O4S. The molecule has 0 spiro atoms. The lowest BCUT2D eigenvalue weighted by atomic mass is 10.1. The minimum atomic E-state index is -0.513. The summed E-state index contributed by atoms with van der Waals surface area (Å²) in [5.74, 6) is 0.176. The molecule has 9 heteroatoms. The van der Waals surface area contributed by atoms with E-state index >= 15 is 0 Å². The van der Waals surface area contributed by atoms with Crippen molar-refractivity contribution in [3.05, 3.63) is 64.3 Å². The van der Waals surface area contributed by atoms with Crippen molar-refractivity contribution in [1.29, 1.82) is 0 Å². The second kappa shape index (κ2) is 7.01. The Bertz CT molecular complexity index is 865. The van der Waals surface area contributed by atoms with Crippen LogP contribution in [0, 0.1) is 10.1 Å². The Hall–Kier alpha value is -3.07. The molecule has 0 unspecified atom stereocenters. The summed E-state index contributed by atoms with van der Waals surface area (Å²) in [5, 5.41) is 18.6. The molecule has 0 atom stereocenters. The molecule has 0 N–H and O–H groups in total. The average Bonchev–Trinajstić information content (AvgIpc) is 3.09. The van der Waals surface area contributed by atoms with Gasteiger partial charge in [-0.15, -0.1) is 10.2 Å². The van der Waals surface area contributed by atoms with Gasteiger partial charge in [0.05, 0.1) is 10.7 Å². The number of carbonyl (C=O) groups excluding carboxylic acids is 1. The minimum Gasteiger partial charge on any atom is -0.410 e. The van der Waals surface area contributed by atoms with Crippen LogP contribution in [0.3, 0.4) is 0 Å². The number of nitro groups is 1. The number of hydrogen-bond acceptors (Lipinski definition) is 8. The molecule has 3 aromatic rings. The van der Waals surface area contributed by atoms with E-state index in [4.69, 9.17) is 4.42 Å². The monoisotopic (exact) mass is 342 g/mol. The summed E-state index contributed by atoms with van der Waals surface area (Å²) in [5.41, 5.74) is 0.882. The Labute approximate surface area is 140 Å². The predicted molar refractivity (Wildman–Crippen MR) is 85.7 cm³/mol. The summed E-state index contributed by atoms with van der Waals surface area (Å²) < 4.78 is 5.44. The summed E-state index contributed by atoms with van der Waals surface area (Å²) in [4.78, 5) is 26.3. The molecular weight excluding hydrogens is 332 g/mol. The first kappa shape index (κ1) is 15.8. The molecule has 0 saturated heterocycles. The van der Waals surface area contributed by atoms with Crippen molar-refractivity contribution >= 4 is 23.2 Å². The lowest BCUT2D eigenvalue weighted by molar-refractivity contribution is -0.384. The van der Waals surface area contributed by atoms with Crippen LogP contribution < -0.4 is 0 Å². The van der Waals surface area contributed by atoms with Crippen molar-refractivity contribution in [3.63, 3.8) is 0 Å². The van der Waals surface area contributed by atoms with E-state index in [-0.39, 0.29) is 28.3 Å². The van der Waals surface area contributed by atoms with E-state index in [0.29, 0.717) is 11.3 Å². The Morgan fingerprint density at radius 3 is 2.62 bits per heavy atom. The number of benzene rings is 1. The largest absolute Gasteiger partial charge is 0.410 e. The first-order valence-electron chi connectivity index (χ1n) is 6.79. The van der Waals surface area contributed by atoms with Crippen LogP contribution in [0.2, 0.25) is 0 Å². The highest BCUT2D eigenvalue weighted by Gasteiger charge is 2.14. The average molecular weight is 342 g/mol. The smallest absolute Gasteiger partial charge is 0.277 e. The van der Waals surface area contributed by atoms with Gasteiger partial charge in [0.1, 0.15) is 5.69 Å². The quantitative estimate of drug-likeness (QED) is 0.291. The lowest BCUT2D eigenvalue weighted by Crippen LogP contribution is -2.02. The highest BCUT2D eigenvalue weighted by atomic mass is 32.2. The standard InChI is InChI=1S/C15H10N4O4S/c20-13(10-4-6-11(7-5-10)19(21)22)9-24-15-18-17-14(23-15)12-3-1-2-8-16-12/h1-8H,9H2. The number of Topliss-reactive ketones (excluding diaryl/α,β-unsaturated/α-hetero) is 1. The molecule has 0 aliphatic rings. The van der Waals surface area contributed by atoms with Crippen LogP contribution in [0.25, 0.3) is 11.6 Å². The fourth-order valence-corrected chi connectivity index (χ4v) is 2.50. The maximum atomic E-state index is 12.1. The van der Waals surface area contributed by atoms with Gasteiger partial charge in [0.25, 0.3) is 16.8 Å². The molecule has 0 fully saturated rings. The van der Waals surface area contributed by atoms with Gasteiger partial charge in [-0.1, -0.05) is 17.8 Å². The maximum Gasteiger partial charge on any atom is 0.277 e. The van der Waals surface area contributed by atoms with Gasteiger partial charge in [-0.25, -0.2) is 0 Å². The predicted octanol–water partition coefficient (Wildman–Crippen LogP) is 3.01. The highest BCUT2D eigenvalue weighted by Crippen LogP contribution is 2.22. The van der Waals surface area contributed by atoms with E-state index in [9.17, 15) is 14.9 Å². The van der Waals surface area contributed by atoms with E-state index in [1.807, 2.05) is 0 Å². The second-order valence-corrected chi connectivity index (χ2v) is 5.53. The molecule has 0 aliphatic carbocycles. The van der Waals surface area contributed by atoms with Gasteiger partial charge in [-0.2, -0.15) is 0 Å². The number of pyridine rings is 1. The van der Waals surface area contributed by atoms with Crippen molar-refractivity contribution in [2.24, 2.45) is 0 Å². The van der Waals surface area contributed by atoms with Gasteiger partial charge in [0.2, 0.25) is 0 Å². The minimum absolute atomic E-state index is 0.0592. The van der Waals surface area contributed by atoms with Gasteiger partial charge in [-0.3, -0.25) is 19.9 Å². The Morgan fingerprint density at radius 1 is 1.17 bits per heavy atom. The van der Waals surface area contributed by atoms with Crippen LogP contribution >= 0.6 is 11.8 Å². The normalized spacial score (nSPS) is 10.5. The summed E-state index contributed by atoms with van der Waals surface area (Å²) in [7, 11) is 0. The van der Waals surface area contributed by atoms with Crippen molar-refractivity contribution in [2.75, 3.05) is 5.75 Å². The van der Waals surface area contributed by atoms with Crippen molar-refractivity contribution in [2.45, 2.75) is 5.22 Å². The van der Waals surface area contributed by atoms with E-state index in [0.717, 1.165) is 11.8 Å². The first-order valence-corrected chi connectivity index (χ1v) is 7.77. The summed E-state index contributed by atoms with van der Waals surface area (Å²) in [6, 6.07) is 10.8. The van der Waals surface area contributed by atoms with Gasteiger partial charge in [0.15, 0.2) is 5.78 Å². The van der Waals surface area contributed by atoms with Gasteiger partial charge in [0, 0.05) is 23.9 Å². The Kier molecular flexibility index (Phi) is 4.62. The number of carbonyl (C=O) groups is 1.